The summed E-state index contributed by atoms with van der Waals surface area (Å²) in [6.45, 7) is 7.72. The van der Waals surface area contributed by atoms with Gasteiger partial charge in [0, 0.05) is 0 Å². The van der Waals surface area contributed by atoms with Crippen molar-refractivity contribution in [2.24, 2.45) is 5.73 Å². The van der Waals surface area contributed by atoms with Crippen molar-refractivity contribution >= 4 is 21.2 Å². The van der Waals surface area contributed by atoms with Crippen molar-refractivity contribution in [3.8, 4) is 0 Å². The molecule has 0 aliphatic rings. The fraction of sp³-hybridized carbons (Fsp3) is 0.583. The molecule has 0 aromatic heterocycles. The van der Waals surface area contributed by atoms with Crippen LogP contribution in [0.1, 0.15) is 19.8 Å². The molecule has 0 amide bonds. The van der Waals surface area contributed by atoms with Crippen molar-refractivity contribution in [1.29, 1.82) is 0 Å². The Hall–Kier alpha value is -0.830. The van der Waals surface area contributed by atoms with E-state index in [9.17, 15) is 38.6 Å². The van der Waals surface area contributed by atoms with E-state index in [-0.39, 0.29) is 19.4 Å². The molecule has 7 N–H and O–H groups in total. The SMILES string of the molecule is C=CC(N(C(C=C)P(=O)(O)O)[C@@](C)(CCCN)C(=O)O)P(=O)(O)O. The number of carbonyl (C=O) groups is 1. The van der Waals surface area contributed by atoms with E-state index >= 15 is 0 Å². The lowest BCUT2D eigenvalue weighted by atomic mass is 9.93. The number of aliphatic carboxylic acids is 1. The van der Waals surface area contributed by atoms with E-state index in [2.05, 4.69) is 13.2 Å². The second-order valence-corrected chi connectivity index (χ2v) is 8.77. The molecule has 24 heavy (non-hydrogen) atoms. The molecule has 0 saturated carbocycles. The van der Waals surface area contributed by atoms with Gasteiger partial charge in [0.2, 0.25) is 0 Å². The topological polar surface area (TPSA) is 182 Å². The van der Waals surface area contributed by atoms with E-state index in [1.54, 1.807) is 0 Å². The van der Waals surface area contributed by atoms with Crippen molar-refractivity contribution in [2.45, 2.75) is 36.9 Å². The zero-order chi connectivity index (χ0) is 19.3. The highest BCUT2D eigenvalue weighted by Gasteiger charge is 2.53. The van der Waals surface area contributed by atoms with Gasteiger partial charge in [-0.1, -0.05) is 12.2 Å². The first kappa shape index (κ1) is 23.2. The molecule has 0 aliphatic carbocycles. The van der Waals surface area contributed by atoms with E-state index < -0.39 is 38.3 Å². The number of hydrogen-bond acceptors (Lipinski definition) is 5. The summed E-state index contributed by atoms with van der Waals surface area (Å²) in [4.78, 5) is 50.5. The van der Waals surface area contributed by atoms with Gasteiger partial charge >= 0.3 is 21.2 Å². The lowest BCUT2D eigenvalue weighted by Gasteiger charge is -2.45. The number of nitrogens with two attached hydrogens (primary N) is 1. The third-order valence-corrected chi connectivity index (χ3v) is 5.88. The maximum Gasteiger partial charge on any atom is 0.346 e. The van der Waals surface area contributed by atoms with Crippen molar-refractivity contribution in [3.05, 3.63) is 25.3 Å². The van der Waals surface area contributed by atoms with E-state index in [1.165, 1.54) is 0 Å². The van der Waals surface area contributed by atoms with Crippen LogP contribution in [-0.4, -0.2) is 59.2 Å². The van der Waals surface area contributed by atoms with E-state index in [0.29, 0.717) is 4.90 Å². The van der Waals surface area contributed by atoms with E-state index in [0.717, 1.165) is 19.1 Å². The second-order valence-electron chi connectivity index (χ2n) is 5.36. The van der Waals surface area contributed by atoms with Gasteiger partial charge in [0.25, 0.3) is 0 Å². The van der Waals surface area contributed by atoms with Crippen molar-refractivity contribution in [3.63, 3.8) is 0 Å². The molecule has 0 aliphatic heterocycles. The summed E-state index contributed by atoms with van der Waals surface area (Å²) >= 11 is 0. The van der Waals surface area contributed by atoms with E-state index in [4.69, 9.17) is 5.73 Å². The Morgan fingerprint density at radius 3 is 1.75 bits per heavy atom. The molecule has 0 rings (SSSR count). The molecule has 0 heterocycles. The monoisotopic (exact) mass is 386 g/mol. The summed E-state index contributed by atoms with van der Waals surface area (Å²) in [6, 6.07) is 0. The molecular formula is C12H24N2O8P2. The van der Waals surface area contributed by atoms with Gasteiger partial charge < -0.3 is 30.4 Å². The number of rotatable bonds is 11. The summed E-state index contributed by atoms with van der Waals surface area (Å²) in [5.74, 6) is -5.39. The smallest absolute Gasteiger partial charge is 0.346 e. The minimum Gasteiger partial charge on any atom is -0.480 e. The largest absolute Gasteiger partial charge is 0.480 e. The summed E-state index contributed by atoms with van der Waals surface area (Å²) in [5, 5.41) is 9.59. The third-order valence-electron chi connectivity index (χ3n) is 3.58. The van der Waals surface area contributed by atoms with Crippen LogP contribution >= 0.6 is 15.2 Å². The average molecular weight is 386 g/mol. The van der Waals surface area contributed by atoms with Crippen LogP contribution < -0.4 is 5.73 Å². The first-order valence-electron chi connectivity index (χ1n) is 6.84. The number of carboxylic acids is 1. The fourth-order valence-electron chi connectivity index (χ4n) is 2.36. The maximum absolute atomic E-state index is 11.8. The Balaban J connectivity index is 6.53. The minimum absolute atomic E-state index is 0.0834. The molecule has 12 heteroatoms. The van der Waals surface area contributed by atoms with Crippen molar-refractivity contribution < 1.29 is 38.6 Å². The Morgan fingerprint density at radius 1 is 1.17 bits per heavy atom. The van der Waals surface area contributed by atoms with Gasteiger partial charge in [-0.25, -0.2) is 0 Å². The van der Waals surface area contributed by atoms with Gasteiger partial charge in [0.15, 0.2) is 0 Å². The van der Waals surface area contributed by atoms with Crippen LogP contribution in [0.2, 0.25) is 0 Å². The lowest BCUT2D eigenvalue weighted by Crippen LogP contribution is -2.59. The van der Waals surface area contributed by atoms with Gasteiger partial charge in [0.1, 0.15) is 17.1 Å². The molecule has 0 bridgehead atoms. The fourth-order valence-corrected chi connectivity index (χ4v) is 4.46. The number of carboxylic acid groups (broad SMARTS) is 1. The molecule has 0 aromatic rings. The quantitative estimate of drug-likeness (QED) is 0.213. The predicted octanol–water partition coefficient (Wildman–Crippen LogP) is 0.250. The summed E-state index contributed by atoms with van der Waals surface area (Å²) in [5.41, 5.74) is 3.34. The zero-order valence-electron chi connectivity index (χ0n) is 13.2. The average Bonchev–Trinajstić information content (AvgIpc) is 2.41. The molecule has 3 atom stereocenters. The Kier molecular flexibility index (Phi) is 8.22. The van der Waals surface area contributed by atoms with Crippen LogP contribution in [0.4, 0.5) is 0 Å². The zero-order valence-corrected chi connectivity index (χ0v) is 15.0. The van der Waals surface area contributed by atoms with Gasteiger partial charge in [-0.3, -0.25) is 18.8 Å². The standard InChI is InChI=1S/C12H24N2O8P2/c1-4-9(23(17,18)19)14(10(5-2)24(20,21)22)12(3,11(15)16)7-6-8-13/h4-5,9-10H,1-2,6-8,13H2,3H3,(H,15,16)(H2,17,18,19)(H2,20,21,22)/t9?,10?,12-/m0/s1. The summed E-state index contributed by atoms with van der Waals surface area (Å²) in [7, 11) is -10.0. The molecular weight excluding hydrogens is 362 g/mol. The van der Waals surface area contributed by atoms with Crippen molar-refractivity contribution in [2.75, 3.05) is 6.54 Å². The third kappa shape index (κ3) is 5.34. The summed E-state index contributed by atoms with van der Waals surface area (Å²) < 4.78 is 23.5. The van der Waals surface area contributed by atoms with Crippen LogP contribution in [0.3, 0.4) is 0 Å². The molecule has 0 aromatic carbocycles. The molecule has 0 radical (unpaired) electrons. The normalized spacial score (nSPS) is 17.8. The lowest BCUT2D eigenvalue weighted by molar-refractivity contribution is -0.151. The van der Waals surface area contributed by atoms with Crippen LogP contribution in [0.5, 0.6) is 0 Å². The highest BCUT2D eigenvalue weighted by molar-refractivity contribution is 7.53. The number of hydrogen-bond donors (Lipinski definition) is 6. The summed E-state index contributed by atoms with van der Waals surface area (Å²) in [6.07, 6.45) is 1.47. The van der Waals surface area contributed by atoms with Crippen LogP contribution in [0, 0.1) is 0 Å². The second kappa shape index (κ2) is 8.51. The molecule has 10 nitrogen and oxygen atoms in total. The van der Waals surface area contributed by atoms with E-state index in [1.807, 2.05) is 0 Å². The highest BCUT2D eigenvalue weighted by Crippen LogP contribution is 2.54. The van der Waals surface area contributed by atoms with Gasteiger partial charge in [-0.2, -0.15) is 0 Å². The number of nitrogens with zero attached hydrogens (tertiary/aromatic N) is 1. The van der Waals surface area contributed by atoms with Crippen molar-refractivity contribution in [1.82, 2.24) is 4.90 Å². The molecule has 2 unspecified atom stereocenters. The van der Waals surface area contributed by atoms with Gasteiger partial charge in [0.05, 0.1) is 0 Å². The van der Waals surface area contributed by atoms with Gasteiger partial charge in [-0.05, 0) is 26.3 Å². The Morgan fingerprint density at radius 2 is 1.54 bits per heavy atom. The first-order chi connectivity index (χ1) is 10.8. The van der Waals surface area contributed by atoms with Crippen LogP contribution in [0.25, 0.3) is 0 Å². The van der Waals surface area contributed by atoms with Gasteiger partial charge in [-0.15, -0.1) is 13.2 Å². The minimum atomic E-state index is -5.01. The molecule has 0 spiro atoms. The molecule has 140 valence electrons. The molecule has 0 saturated heterocycles. The molecule has 0 fully saturated rings. The maximum atomic E-state index is 11.8. The van der Waals surface area contributed by atoms with Crippen LogP contribution in [0.15, 0.2) is 25.3 Å². The predicted molar refractivity (Wildman–Crippen MR) is 88.2 cm³/mol. The Labute approximate surface area is 140 Å². The first-order valence-corrected chi connectivity index (χ1v) is 10.2. The highest BCUT2D eigenvalue weighted by atomic mass is 31.2. The van der Waals surface area contributed by atoms with Crippen LogP contribution in [-0.2, 0) is 13.9 Å². The Bertz CT molecular complexity index is 537.